The van der Waals surface area contributed by atoms with Crippen LogP contribution in [-0.2, 0) is 28.6 Å². The maximum absolute atomic E-state index is 10.3. The highest BCUT2D eigenvalue weighted by molar-refractivity contribution is 5.86. The summed E-state index contributed by atoms with van der Waals surface area (Å²) in [4.78, 5) is 32.2. The highest BCUT2D eigenvalue weighted by atomic mass is 16.6. The molecule has 1 amide bonds. The molecule has 0 rings (SSSR count). The number of carbonyl (C=O) groups is 3. The van der Waals surface area contributed by atoms with Crippen LogP contribution in [0.3, 0.4) is 0 Å². The monoisotopic (exact) mass is 345 g/mol. The first kappa shape index (κ1) is 26.4. The van der Waals surface area contributed by atoms with Crippen LogP contribution in [0, 0.1) is 0 Å². The number of rotatable bonds is 8. The second kappa shape index (κ2) is 20.6. The van der Waals surface area contributed by atoms with Gasteiger partial charge in [0.05, 0.1) is 13.2 Å². The van der Waals surface area contributed by atoms with Crippen LogP contribution in [0.5, 0.6) is 0 Å². The van der Waals surface area contributed by atoms with Crippen molar-refractivity contribution < 1.29 is 33.7 Å². The van der Waals surface area contributed by atoms with Crippen LogP contribution < -0.4 is 0 Å². The maximum atomic E-state index is 10.3. The Labute approximate surface area is 143 Å². The standard InChI is InChI=1S/C6H10O3.C5H9NO.C5H8O3/c1-3-6(7)9-5-4-8-2;1-4-5(7)6(2)3;1-2-5(7)8-4-3-6/h3H,1,4-5H2,2H3;4H,1H2,2-3H3;2,6H,1,3-4H2. The number of esters is 2. The zero-order valence-corrected chi connectivity index (χ0v) is 14.5. The number of likely N-dealkylation sites (N-methyl/N-ethyl adjacent to an activating group) is 1. The molecule has 1 N–H and O–H groups in total. The van der Waals surface area contributed by atoms with Gasteiger partial charge in [-0.2, -0.15) is 0 Å². The van der Waals surface area contributed by atoms with Crippen molar-refractivity contribution in [2.24, 2.45) is 0 Å². The molecule has 0 unspecified atom stereocenters. The lowest BCUT2D eigenvalue weighted by atomic mass is 10.5. The van der Waals surface area contributed by atoms with E-state index in [0.717, 1.165) is 12.2 Å². The van der Waals surface area contributed by atoms with E-state index in [1.54, 1.807) is 21.2 Å². The van der Waals surface area contributed by atoms with Crippen LogP contribution in [0.15, 0.2) is 38.0 Å². The number of hydrogen-bond acceptors (Lipinski definition) is 7. The molecule has 0 atom stereocenters. The number of nitrogens with zero attached hydrogens (tertiary/aromatic N) is 1. The molecule has 0 saturated heterocycles. The lowest BCUT2D eigenvalue weighted by Gasteiger charge is -2.03. The number of amides is 1. The summed E-state index contributed by atoms with van der Waals surface area (Å²) in [5.74, 6) is -0.967. The van der Waals surface area contributed by atoms with E-state index in [1.165, 1.54) is 11.0 Å². The summed E-state index contributed by atoms with van der Waals surface area (Å²) in [5.41, 5.74) is 0. The summed E-state index contributed by atoms with van der Waals surface area (Å²) in [6.07, 6.45) is 3.45. The van der Waals surface area contributed by atoms with Crippen molar-refractivity contribution in [1.82, 2.24) is 4.90 Å². The van der Waals surface area contributed by atoms with Crippen LogP contribution in [0.25, 0.3) is 0 Å². The van der Waals surface area contributed by atoms with Gasteiger partial charge in [-0.05, 0) is 6.08 Å². The van der Waals surface area contributed by atoms with Gasteiger partial charge in [0, 0.05) is 33.4 Å². The summed E-state index contributed by atoms with van der Waals surface area (Å²) < 4.78 is 13.5. The van der Waals surface area contributed by atoms with Gasteiger partial charge in [-0.1, -0.05) is 19.7 Å². The number of aliphatic hydroxyl groups is 1. The Morgan fingerprint density at radius 1 is 0.917 bits per heavy atom. The van der Waals surface area contributed by atoms with E-state index in [0.29, 0.717) is 13.2 Å². The molecule has 0 aromatic carbocycles. The lowest BCUT2D eigenvalue weighted by Crippen LogP contribution is -2.18. The Morgan fingerprint density at radius 2 is 1.38 bits per heavy atom. The number of ether oxygens (including phenoxy) is 3. The molecule has 138 valence electrons. The van der Waals surface area contributed by atoms with Gasteiger partial charge in [0.25, 0.3) is 0 Å². The maximum Gasteiger partial charge on any atom is 0.330 e. The molecule has 8 nitrogen and oxygen atoms in total. The lowest BCUT2D eigenvalue weighted by molar-refractivity contribution is -0.139. The minimum atomic E-state index is -0.501. The van der Waals surface area contributed by atoms with E-state index in [-0.39, 0.29) is 19.1 Å². The predicted octanol–water partition coefficient (Wildman–Crippen LogP) is 0.331. The molecule has 0 fully saturated rings. The molecular formula is C16H27NO7. The van der Waals surface area contributed by atoms with E-state index in [2.05, 4.69) is 33.9 Å². The van der Waals surface area contributed by atoms with E-state index in [9.17, 15) is 14.4 Å². The molecule has 0 aromatic heterocycles. The highest BCUT2D eigenvalue weighted by Crippen LogP contribution is 1.78. The Kier molecular flexibility index (Phi) is 22.6. The Balaban J connectivity index is -0.000000278. The van der Waals surface area contributed by atoms with Gasteiger partial charge in [0.1, 0.15) is 13.2 Å². The molecule has 24 heavy (non-hydrogen) atoms. The smallest absolute Gasteiger partial charge is 0.330 e. The number of aliphatic hydroxyl groups excluding tert-OH is 1. The van der Waals surface area contributed by atoms with Gasteiger partial charge in [-0.3, -0.25) is 4.79 Å². The van der Waals surface area contributed by atoms with Crippen molar-refractivity contribution in [2.45, 2.75) is 0 Å². The van der Waals surface area contributed by atoms with E-state index in [1.807, 2.05) is 0 Å². The topological polar surface area (TPSA) is 102 Å². The summed E-state index contributed by atoms with van der Waals surface area (Å²) in [5, 5.41) is 8.10. The van der Waals surface area contributed by atoms with Crippen LogP contribution >= 0.6 is 0 Å². The molecular weight excluding hydrogens is 318 g/mol. The minimum absolute atomic E-state index is 0.0465. The first-order chi connectivity index (χ1) is 11.3. The molecule has 8 heteroatoms. The fourth-order valence-electron chi connectivity index (χ4n) is 0.672. The molecule has 0 spiro atoms. The zero-order valence-electron chi connectivity index (χ0n) is 14.5. The third kappa shape index (κ3) is 24.6. The fourth-order valence-corrected chi connectivity index (χ4v) is 0.672. The van der Waals surface area contributed by atoms with Gasteiger partial charge < -0.3 is 24.2 Å². The average Bonchev–Trinajstić information content (AvgIpc) is 2.59. The highest BCUT2D eigenvalue weighted by Gasteiger charge is 1.92. The first-order valence-corrected chi connectivity index (χ1v) is 6.82. The molecule has 0 aliphatic rings. The summed E-state index contributed by atoms with van der Waals surface area (Å²) in [7, 11) is 4.91. The van der Waals surface area contributed by atoms with Crippen molar-refractivity contribution in [2.75, 3.05) is 47.6 Å². The van der Waals surface area contributed by atoms with Crippen molar-refractivity contribution in [3.63, 3.8) is 0 Å². The molecule has 0 saturated carbocycles. The molecule has 0 heterocycles. The number of methoxy groups -OCH3 is 1. The van der Waals surface area contributed by atoms with Crippen molar-refractivity contribution in [3.8, 4) is 0 Å². The van der Waals surface area contributed by atoms with E-state index >= 15 is 0 Å². The second-order valence-electron chi connectivity index (χ2n) is 3.90. The van der Waals surface area contributed by atoms with E-state index < -0.39 is 11.9 Å². The van der Waals surface area contributed by atoms with Crippen molar-refractivity contribution in [1.29, 1.82) is 0 Å². The quantitative estimate of drug-likeness (QED) is 0.384. The van der Waals surface area contributed by atoms with Crippen molar-refractivity contribution >= 4 is 17.8 Å². The largest absolute Gasteiger partial charge is 0.460 e. The molecule has 0 aromatic rings. The molecule has 0 aliphatic carbocycles. The van der Waals surface area contributed by atoms with Gasteiger partial charge in [-0.15, -0.1) is 0 Å². The summed E-state index contributed by atoms with van der Waals surface area (Å²) in [6.45, 7) is 10.3. The molecule has 0 radical (unpaired) electrons. The van der Waals surface area contributed by atoms with Crippen molar-refractivity contribution in [3.05, 3.63) is 38.0 Å². The van der Waals surface area contributed by atoms with Gasteiger partial charge in [-0.25, -0.2) is 9.59 Å². The first-order valence-electron chi connectivity index (χ1n) is 6.82. The summed E-state index contributed by atoms with van der Waals surface area (Å²) >= 11 is 0. The SMILES string of the molecule is C=CC(=O)N(C)C.C=CC(=O)OCCO.C=CC(=O)OCCOC. The van der Waals surface area contributed by atoms with Crippen LogP contribution in [0.4, 0.5) is 0 Å². The Bertz CT molecular complexity index is 392. The molecule has 0 bridgehead atoms. The van der Waals surface area contributed by atoms with Crippen LogP contribution in [-0.4, -0.2) is 75.5 Å². The Hall–Kier alpha value is -2.45. The Morgan fingerprint density at radius 3 is 1.62 bits per heavy atom. The fraction of sp³-hybridized carbons (Fsp3) is 0.438. The third-order valence-electron chi connectivity index (χ3n) is 1.82. The second-order valence-corrected chi connectivity index (χ2v) is 3.90. The van der Waals surface area contributed by atoms with Gasteiger partial charge in [0.15, 0.2) is 0 Å². The van der Waals surface area contributed by atoms with Gasteiger partial charge >= 0.3 is 11.9 Å². The zero-order chi connectivity index (χ0) is 19.4. The third-order valence-corrected chi connectivity index (χ3v) is 1.82. The average molecular weight is 345 g/mol. The van der Waals surface area contributed by atoms with Gasteiger partial charge in [0.2, 0.25) is 5.91 Å². The molecule has 0 aliphatic heterocycles. The summed E-state index contributed by atoms with van der Waals surface area (Å²) in [6, 6.07) is 0. The minimum Gasteiger partial charge on any atom is -0.460 e. The predicted molar refractivity (Wildman–Crippen MR) is 90.2 cm³/mol. The van der Waals surface area contributed by atoms with Crippen LogP contribution in [0.1, 0.15) is 0 Å². The number of carbonyl (C=O) groups excluding carboxylic acids is 3. The van der Waals surface area contributed by atoms with E-state index in [4.69, 9.17) is 5.11 Å². The number of hydrogen-bond donors (Lipinski definition) is 1. The normalized spacial score (nSPS) is 8.17. The van der Waals surface area contributed by atoms with Crippen LogP contribution in [0.2, 0.25) is 0 Å².